The van der Waals surface area contributed by atoms with Crippen LogP contribution < -0.4 is 4.90 Å². The Morgan fingerprint density at radius 1 is 1.11 bits per heavy atom. The number of benzene rings is 1. The monoisotopic (exact) mass is 399 g/mol. The highest BCUT2D eigenvalue weighted by Gasteiger charge is 2.24. The van der Waals surface area contributed by atoms with Crippen LogP contribution in [0.3, 0.4) is 0 Å². The molecule has 0 aliphatic rings. The topological polar surface area (TPSA) is 54.3 Å². The summed E-state index contributed by atoms with van der Waals surface area (Å²) in [5.41, 5.74) is 2.69. The van der Waals surface area contributed by atoms with Crippen molar-refractivity contribution in [2.24, 2.45) is 0 Å². The molecule has 0 fully saturated rings. The van der Waals surface area contributed by atoms with Crippen LogP contribution in [0.5, 0.6) is 0 Å². The van der Waals surface area contributed by atoms with Crippen LogP contribution in [0.2, 0.25) is 0 Å². The number of hydrogen-bond donors (Lipinski definition) is 0. The lowest BCUT2D eigenvalue weighted by atomic mass is 10.1. The number of nitrogens with zero attached hydrogens (tertiary/aromatic N) is 5. The van der Waals surface area contributed by atoms with E-state index in [9.17, 15) is 4.79 Å². The maximum atomic E-state index is 13.3. The first-order valence-corrected chi connectivity index (χ1v) is 10.9. The van der Waals surface area contributed by atoms with E-state index in [1.54, 1.807) is 27.0 Å². The third kappa shape index (κ3) is 4.25. The van der Waals surface area contributed by atoms with E-state index in [1.165, 1.54) is 5.56 Å². The van der Waals surface area contributed by atoms with Crippen LogP contribution in [0.4, 0.5) is 5.13 Å². The number of hydrogen-bond acceptors (Lipinski definition) is 5. The second kappa shape index (κ2) is 9.30. The largest absolute Gasteiger partial charge is 0.302 e. The van der Waals surface area contributed by atoms with Crippen molar-refractivity contribution in [1.29, 1.82) is 0 Å². The molecule has 2 heterocycles. The molecule has 0 aliphatic carbocycles. The van der Waals surface area contributed by atoms with Crippen LogP contribution >= 0.6 is 11.3 Å². The number of thiazole rings is 1. The predicted molar refractivity (Wildman–Crippen MR) is 116 cm³/mol. The zero-order valence-corrected chi connectivity index (χ0v) is 18.0. The maximum absolute atomic E-state index is 13.3. The highest BCUT2D eigenvalue weighted by molar-refractivity contribution is 7.22. The first-order valence-electron chi connectivity index (χ1n) is 10.1. The number of fused-ring (bicyclic) bond motifs is 1. The smallest absolute Gasteiger partial charge is 0.280 e. The van der Waals surface area contributed by atoms with E-state index in [0.29, 0.717) is 12.2 Å². The van der Waals surface area contributed by atoms with E-state index in [1.807, 2.05) is 13.1 Å². The summed E-state index contributed by atoms with van der Waals surface area (Å²) in [4.78, 5) is 22.3. The van der Waals surface area contributed by atoms with Gasteiger partial charge in [0.2, 0.25) is 0 Å². The van der Waals surface area contributed by atoms with E-state index < -0.39 is 0 Å². The molecule has 7 heteroatoms. The van der Waals surface area contributed by atoms with E-state index in [4.69, 9.17) is 4.98 Å². The molecule has 0 aliphatic heterocycles. The summed E-state index contributed by atoms with van der Waals surface area (Å²) in [7, 11) is 0. The van der Waals surface area contributed by atoms with Gasteiger partial charge in [-0.15, -0.1) is 0 Å². The van der Waals surface area contributed by atoms with Crippen molar-refractivity contribution >= 4 is 32.6 Å². The van der Waals surface area contributed by atoms with Crippen molar-refractivity contribution in [1.82, 2.24) is 19.7 Å². The van der Waals surface area contributed by atoms with Crippen molar-refractivity contribution in [3.63, 3.8) is 0 Å². The molecule has 3 aromatic rings. The summed E-state index contributed by atoms with van der Waals surface area (Å²) in [6, 6.07) is 8.04. The van der Waals surface area contributed by atoms with Crippen LogP contribution in [-0.2, 0) is 13.0 Å². The van der Waals surface area contributed by atoms with Gasteiger partial charge < -0.3 is 4.90 Å². The first kappa shape index (κ1) is 20.5. The molecule has 0 saturated heterocycles. The van der Waals surface area contributed by atoms with Gasteiger partial charge in [0.25, 0.3) is 5.91 Å². The fraction of sp³-hybridized carbons (Fsp3) is 0.476. The van der Waals surface area contributed by atoms with Crippen molar-refractivity contribution in [2.75, 3.05) is 31.1 Å². The summed E-state index contributed by atoms with van der Waals surface area (Å²) in [6.07, 6.45) is 2.78. The Kier molecular flexibility index (Phi) is 6.80. The molecule has 28 heavy (non-hydrogen) atoms. The van der Waals surface area contributed by atoms with Gasteiger partial charge in [-0.2, -0.15) is 5.10 Å². The molecule has 1 aromatic carbocycles. The number of carbonyl (C=O) groups is 1. The third-order valence-corrected chi connectivity index (χ3v) is 6.11. The summed E-state index contributed by atoms with van der Waals surface area (Å²) in [5, 5.41) is 5.17. The van der Waals surface area contributed by atoms with Gasteiger partial charge in [-0.1, -0.05) is 44.2 Å². The minimum absolute atomic E-state index is 0.0866. The van der Waals surface area contributed by atoms with Crippen molar-refractivity contribution < 1.29 is 4.79 Å². The molecule has 0 spiro atoms. The average molecular weight is 400 g/mol. The minimum atomic E-state index is -0.0866. The minimum Gasteiger partial charge on any atom is -0.302 e. The highest BCUT2D eigenvalue weighted by atomic mass is 32.1. The summed E-state index contributed by atoms with van der Waals surface area (Å²) in [5.74, 6) is -0.0866. The normalized spacial score (nSPS) is 11.5. The van der Waals surface area contributed by atoms with Gasteiger partial charge in [0, 0.05) is 25.8 Å². The number of amides is 1. The van der Waals surface area contributed by atoms with Gasteiger partial charge in [0.1, 0.15) is 0 Å². The number of anilines is 1. The summed E-state index contributed by atoms with van der Waals surface area (Å²) >= 11 is 1.58. The van der Waals surface area contributed by atoms with Crippen LogP contribution in [0, 0.1) is 0 Å². The van der Waals surface area contributed by atoms with E-state index >= 15 is 0 Å². The molecule has 150 valence electrons. The standard InChI is InChI=1S/C21H29N5OS/c1-5-16-10-9-11-18-19(16)22-21(28-18)26(15-14-24(6-2)7-3)20(27)17-12-13-25(8-4)23-17/h9-13H,5-8,14-15H2,1-4H3. The lowest BCUT2D eigenvalue weighted by Gasteiger charge is -2.24. The third-order valence-electron chi connectivity index (χ3n) is 5.07. The van der Waals surface area contributed by atoms with E-state index in [2.05, 4.69) is 49.0 Å². The van der Waals surface area contributed by atoms with Gasteiger partial charge in [0.15, 0.2) is 10.8 Å². The van der Waals surface area contributed by atoms with Crippen molar-refractivity contribution in [2.45, 2.75) is 40.7 Å². The number of carbonyl (C=O) groups excluding carboxylic acids is 1. The van der Waals surface area contributed by atoms with Gasteiger partial charge in [-0.05, 0) is 44.1 Å². The van der Waals surface area contributed by atoms with Gasteiger partial charge in [0.05, 0.1) is 10.2 Å². The van der Waals surface area contributed by atoms with E-state index in [0.717, 1.165) is 47.9 Å². The van der Waals surface area contributed by atoms with Gasteiger partial charge in [-0.25, -0.2) is 4.98 Å². The molecule has 6 nitrogen and oxygen atoms in total. The second-order valence-electron chi connectivity index (χ2n) is 6.65. The lowest BCUT2D eigenvalue weighted by molar-refractivity contribution is 0.0978. The van der Waals surface area contributed by atoms with Crippen LogP contribution in [0.1, 0.15) is 43.7 Å². The van der Waals surface area contributed by atoms with E-state index in [-0.39, 0.29) is 5.91 Å². The second-order valence-corrected chi connectivity index (χ2v) is 7.66. The number of aromatic nitrogens is 3. The Morgan fingerprint density at radius 3 is 2.54 bits per heavy atom. The average Bonchev–Trinajstić information content (AvgIpc) is 3.37. The fourth-order valence-electron chi connectivity index (χ4n) is 3.25. The highest BCUT2D eigenvalue weighted by Crippen LogP contribution is 2.31. The molecule has 0 unspecified atom stereocenters. The number of rotatable bonds is 9. The van der Waals surface area contributed by atoms with Crippen molar-refractivity contribution in [3.05, 3.63) is 41.7 Å². The fourth-order valence-corrected chi connectivity index (χ4v) is 4.29. The zero-order valence-electron chi connectivity index (χ0n) is 17.2. The number of para-hydroxylation sites is 1. The molecular weight excluding hydrogens is 370 g/mol. The van der Waals surface area contributed by atoms with Gasteiger partial charge in [-0.3, -0.25) is 14.4 Å². The quantitative estimate of drug-likeness (QED) is 0.544. The first-order chi connectivity index (χ1) is 13.6. The number of aryl methyl sites for hydroxylation is 2. The molecule has 0 bridgehead atoms. The zero-order chi connectivity index (χ0) is 20.1. The Balaban J connectivity index is 1.96. The van der Waals surface area contributed by atoms with Crippen LogP contribution in [0.25, 0.3) is 10.2 Å². The molecule has 1 amide bonds. The van der Waals surface area contributed by atoms with Gasteiger partial charge >= 0.3 is 0 Å². The predicted octanol–water partition coefficient (Wildman–Crippen LogP) is 4.06. The molecular formula is C21H29N5OS. The van der Waals surface area contributed by atoms with Crippen LogP contribution in [0.15, 0.2) is 30.5 Å². The molecule has 0 N–H and O–H groups in total. The molecule has 0 radical (unpaired) electrons. The van der Waals surface area contributed by atoms with Crippen molar-refractivity contribution in [3.8, 4) is 0 Å². The Bertz CT molecular complexity index is 928. The molecule has 0 saturated carbocycles. The molecule has 0 atom stereocenters. The maximum Gasteiger partial charge on any atom is 0.280 e. The molecule has 2 aromatic heterocycles. The molecule has 3 rings (SSSR count). The Labute approximate surface area is 170 Å². The number of likely N-dealkylation sites (N-methyl/N-ethyl adjacent to an activating group) is 1. The van der Waals surface area contributed by atoms with Crippen LogP contribution in [-0.4, -0.2) is 51.8 Å². The summed E-state index contributed by atoms with van der Waals surface area (Å²) < 4.78 is 2.90. The Hall–Kier alpha value is -2.25. The summed E-state index contributed by atoms with van der Waals surface area (Å²) in [6.45, 7) is 12.5. The SMILES string of the molecule is CCc1cccc2sc(N(CCN(CC)CC)C(=O)c3ccn(CC)n3)nc12. The lowest BCUT2D eigenvalue weighted by Crippen LogP contribution is -2.39. The Morgan fingerprint density at radius 2 is 1.89 bits per heavy atom.